The van der Waals surface area contributed by atoms with E-state index in [9.17, 15) is 14.4 Å². The van der Waals surface area contributed by atoms with Crippen molar-refractivity contribution in [2.24, 2.45) is 11.5 Å². The smallest absolute Gasteiger partial charge is 0.346 e. The number of esters is 1. The molecule has 5 N–H and O–H groups in total. The number of hydrogen-bond donors (Lipinski definition) is 3. The minimum atomic E-state index is -0.966. The predicted octanol–water partition coefficient (Wildman–Crippen LogP) is 1.05. The number of urea groups is 1. The molecule has 0 spiro atoms. The molecule has 3 amide bonds. The van der Waals surface area contributed by atoms with E-state index in [0.717, 1.165) is 5.39 Å². The molecule has 22 heavy (non-hydrogen) atoms. The fraction of sp³-hybridized carbons (Fsp3) is 0. The summed E-state index contributed by atoms with van der Waals surface area (Å²) in [5.74, 6) is -1.70. The van der Waals surface area contributed by atoms with Gasteiger partial charge in [-0.3, -0.25) is 10.1 Å². The summed E-state index contributed by atoms with van der Waals surface area (Å²) < 4.78 is 4.76. The van der Waals surface area contributed by atoms with Gasteiger partial charge in [0.2, 0.25) is 5.91 Å². The summed E-state index contributed by atoms with van der Waals surface area (Å²) in [7, 11) is 0. The lowest BCUT2D eigenvalue weighted by atomic mass is 9.98. The van der Waals surface area contributed by atoms with Gasteiger partial charge in [0.15, 0.2) is 0 Å². The number of fused-ring (bicyclic) bond motifs is 1. The van der Waals surface area contributed by atoms with E-state index < -0.39 is 23.1 Å². The molecule has 0 aromatic heterocycles. The molecular weight excluding hydrogens is 306 g/mol. The lowest BCUT2D eigenvalue weighted by molar-refractivity contribution is 0.0712. The second-order valence-electron chi connectivity index (χ2n) is 4.24. The zero-order valence-electron chi connectivity index (χ0n) is 11.2. The van der Waals surface area contributed by atoms with E-state index >= 15 is 0 Å². The fourth-order valence-electron chi connectivity index (χ4n) is 1.97. The van der Waals surface area contributed by atoms with Gasteiger partial charge in [0.05, 0.1) is 11.1 Å². The third kappa shape index (κ3) is 3.18. The molecule has 2 aromatic rings. The predicted molar refractivity (Wildman–Crippen MR) is 83.2 cm³/mol. The maximum absolute atomic E-state index is 12.1. The summed E-state index contributed by atoms with van der Waals surface area (Å²) >= 11 is 4.64. The first-order valence-electron chi connectivity index (χ1n) is 6.04. The van der Waals surface area contributed by atoms with Gasteiger partial charge in [0.1, 0.15) is 0 Å². The second kappa shape index (κ2) is 6.19. The summed E-state index contributed by atoms with van der Waals surface area (Å²) in [6.07, 6.45) is 0. The van der Waals surface area contributed by atoms with Crippen molar-refractivity contribution in [1.82, 2.24) is 5.32 Å². The van der Waals surface area contributed by atoms with Gasteiger partial charge < -0.3 is 16.2 Å². The van der Waals surface area contributed by atoms with E-state index in [0.29, 0.717) is 5.39 Å². The zero-order valence-corrected chi connectivity index (χ0v) is 12.0. The van der Waals surface area contributed by atoms with Crippen LogP contribution in [-0.2, 0) is 4.74 Å². The standard InChI is InChI=1S/C14H11N3O4S/c15-11(18)10-8-4-2-1-3-7(8)5-6-9(10)12(19)21-14(22)17-13(16)20/h1-6H,(H2,15,18)(H3,16,17,20,22). The van der Waals surface area contributed by atoms with Gasteiger partial charge in [-0.05, 0) is 29.1 Å². The number of thiocarbonyl (C=S) groups is 1. The molecule has 8 heteroatoms. The fourth-order valence-corrected chi connectivity index (χ4v) is 2.15. The molecule has 0 heterocycles. The van der Waals surface area contributed by atoms with Crippen LogP contribution in [0.2, 0.25) is 0 Å². The van der Waals surface area contributed by atoms with Gasteiger partial charge in [0.25, 0.3) is 5.17 Å². The molecule has 0 fully saturated rings. The van der Waals surface area contributed by atoms with Crippen LogP contribution in [0.15, 0.2) is 36.4 Å². The number of carbonyl (C=O) groups excluding carboxylic acids is 3. The summed E-state index contributed by atoms with van der Waals surface area (Å²) in [5, 5.41) is 2.68. The second-order valence-corrected chi connectivity index (χ2v) is 4.61. The maximum Gasteiger partial charge on any atom is 0.346 e. The van der Waals surface area contributed by atoms with Crippen LogP contribution in [0.3, 0.4) is 0 Å². The number of nitrogens with one attached hydrogen (secondary N) is 1. The Labute approximate surface area is 130 Å². The highest BCUT2D eigenvalue weighted by Crippen LogP contribution is 2.23. The van der Waals surface area contributed by atoms with Crippen LogP contribution in [0.25, 0.3) is 10.8 Å². The van der Waals surface area contributed by atoms with Gasteiger partial charge in [-0.2, -0.15) is 0 Å². The Bertz CT molecular complexity index is 804. The number of carbonyl (C=O) groups is 3. The third-order valence-corrected chi connectivity index (χ3v) is 2.99. The molecule has 0 aliphatic heterocycles. The molecule has 0 atom stereocenters. The quantitative estimate of drug-likeness (QED) is 0.564. The molecule has 0 aliphatic rings. The van der Waals surface area contributed by atoms with Crippen molar-refractivity contribution in [2.45, 2.75) is 0 Å². The van der Waals surface area contributed by atoms with Crippen LogP contribution in [0.4, 0.5) is 4.79 Å². The average Bonchev–Trinajstić information content (AvgIpc) is 2.44. The SMILES string of the molecule is NC(=O)NC(=S)OC(=O)c1ccc2ccccc2c1C(N)=O. The molecular formula is C14H11N3O4S. The van der Waals surface area contributed by atoms with Crippen molar-refractivity contribution in [3.8, 4) is 0 Å². The Balaban J connectivity index is 2.44. The minimum absolute atomic E-state index is 0.0185. The molecule has 0 saturated heterocycles. The Morgan fingerprint density at radius 2 is 1.73 bits per heavy atom. The van der Waals surface area contributed by atoms with Crippen LogP contribution >= 0.6 is 12.2 Å². The maximum atomic E-state index is 12.1. The van der Waals surface area contributed by atoms with E-state index in [2.05, 4.69) is 12.2 Å². The van der Waals surface area contributed by atoms with Crippen LogP contribution in [0.1, 0.15) is 20.7 Å². The molecule has 0 bridgehead atoms. The van der Waals surface area contributed by atoms with Crippen molar-refractivity contribution in [3.63, 3.8) is 0 Å². The highest BCUT2D eigenvalue weighted by atomic mass is 32.1. The monoisotopic (exact) mass is 317 g/mol. The van der Waals surface area contributed by atoms with Crippen molar-refractivity contribution < 1.29 is 19.1 Å². The average molecular weight is 317 g/mol. The summed E-state index contributed by atoms with van der Waals surface area (Å²) in [5.41, 5.74) is 10.2. The van der Waals surface area contributed by atoms with Gasteiger partial charge >= 0.3 is 12.0 Å². The van der Waals surface area contributed by atoms with Crippen LogP contribution < -0.4 is 16.8 Å². The van der Waals surface area contributed by atoms with E-state index in [4.69, 9.17) is 16.2 Å². The molecule has 0 radical (unpaired) electrons. The Morgan fingerprint density at radius 3 is 2.36 bits per heavy atom. The number of benzene rings is 2. The van der Waals surface area contributed by atoms with Gasteiger partial charge in [-0.25, -0.2) is 9.59 Å². The first-order chi connectivity index (χ1) is 10.4. The van der Waals surface area contributed by atoms with Crippen molar-refractivity contribution in [2.75, 3.05) is 0 Å². The van der Waals surface area contributed by atoms with E-state index in [1.54, 1.807) is 30.3 Å². The topological polar surface area (TPSA) is 125 Å². The normalized spacial score (nSPS) is 10.0. The van der Waals surface area contributed by atoms with E-state index in [-0.39, 0.29) is 11.1 Å². The highest BCUT2D eigenvalue weighted by Gasteiger charge is 2.21. The van der Waals surface area contributed by atoms with E-state index in [1.165, 1.54) is 6.07 Å². The Kier molecular flexibility index (Phi) is 4.33. The summed E-state index contributed by atoms with van der Waals surface area (Å²) in [6, 6.07) is 9.01. The van der Waals surface area contributed by atoms with Crippen LogP contribution in [0, 0.1) is 0 Å². The Morgan fingerprint density at radius 1 is 1.05 bits per heavy atom. The molecule has 2 aromatic carbocycles. The zero-order chi connectivity index (χ0) is 16.3. The van der Waals surface area contributed by atoms with Crippen LogP contribution in [0.5, 0.6) is 0 Å². The minimum Gasteiger partial charge on any atom is -0.395 e. The first kappa shape index (κ1) is 15.4. The lowest BCUT2D eigenvalue weighted by Crippen LogP contribution is -2.36. The van der Waals surface area contributed by atoms with Gasteiger partial charge in [-0.15, -0.1) is 0 Å². The molecule has 0 aliphatic carbocycles. The summed E-state index contributed by atoms with van der Waals surface area (Å²) in [4.78, 5) is 34.4. The number of nitrogens with two attached hydrogens (primary N) is 2. The Hall–Kier alpha value is -3.00. The number of primary amides is 2. The van der Waals surface area contributed by atoms with Gasteiger partial charge in [0, 0.05) is 0 Å². The van der Waals surface area contributed by atoms with Crippen molar-refractivity contribution >= 4 is 46.1 Å². The molecule has 2 rings (SSSR count). The first-order valence-corrected chi connectivity index (χ1v) is 6.45. The third-order valence-electron chi connectivity index (χ3n) is 2.81. The lowest BCUT2D eigenvalue weighted by Gasteiger charge is -2.10. The number of hydrogen-bond acceptors (Lipinski definition) is 5. The molecule has 0 saturated carbocycles. The van der Waals surface area contributed by atoms with E-state index in [1.807, 2.05) is 5.32 Å². The van der Waals surface area contributed by atoms with Crippen LogP contribution in [-0.4, -0.2) is 23.1 Å². The highest BCUT2D eigenvalue weighted by molar-refractivity contribution is 7.80. The number of rotatable bonds is 2. The van der Waals surface area contributed by atoms with Crippen molar-refractivity contribution in [3.05, 3.63) is 47.5 Å². The number of ether oxygens (including phenoxy) is 1. The molecule has 0 unspecified atom stereocenters. The summed E-state index contributed by atoms with van der Waals surface area (Å²) in [6.45, 7) is 0. The van der Waals surface area contributed by atoms with Gasteiger partial charge in [-0.1, -0.05) is 30.3 Å². The van der Waals surface area contributed by atoms with Crippen molar-refractivity contribution in [1.29, 1.82) is 0 Å². The number of amides is 3. The largest absolute Gasteiger partial charge is 0.395 e. The molecule has 7 nitrogen and oxygen atoms in total. The molecule has 112 valence electrons.